The van der Waals surface area contributed by atoms with Crippen LogP contribution in [-0.4, -0.2) is 41.5 Å². The second kappa shape index (κ2) is 12.6. The van der Waals surface area contributed by atoms with E-state index in [0.717, 1.165) is 34.5 Å². The SMILES string of the molecule is CCNC(=NCc1ccc(NC(=O)NC(C)C)cc1)N(C)Cc1csc(C)n1.I. The molecule has 3 N–H and O–H groups in total. The van der Waals surface area contributed by atoms with Crippen molar-refractivity contribution < 1.29 is 4.79 Å². The highest BCUT2D eigenvalue weighted by molar-refractivity contribution is 14.0. The molecule has 0 fully saturated rings. The summed E-state index contributed by atoms with van der Waals surface area (Å²) in [5, 5.41) is 12.1. The highest BCUT2D eigenvalue weighted by Crippen LogP contribution is 2.12. The predicted octanol–water partition coefficient (Wildman–Crippen LogP) is 4.20. The van der Waals surface area contributed by atoms with Gasteiger partial charge in [-0.25, -0.2) is 14.8 Å². The number of thiazole rings is 1. The van der Waals surface area contributed by atoms with Crippen molar-refractivity contribution >= 4 is 53.0 Å². The standard InChI is InChI=1S/C20H30N6OS.HI/c1-6-21-19(26(5)12-18-13-28-15(4)24-18)22-11-16-7-9-17(10-8-16)25-20(27)23-14(2)3;/h7-10,13-14H,6,11-12H2,1-5H3,(H,21,22)(H2,23,25,27);1H. The Bertz CT molecular complexity index is 791. The largest absolute Gasteiger partial charge is 0.357 e. The molecule has 0 saturated heterocycles. The molecule has 1 aromatic heterocycles. The summed E-state index contributed by atoms with van der Waals surface area (Å²) in [5.41, 5.74) is 2.88. The van der Waals surface area contributed by atoms with E-state index in [0.29, 0.717) is 13.1 Å². The van der Waals surface area contributed by atoms with E-state index in [1.54, 1.807) is 11.3 Å². The molecule has 2 rings (SSSR count). The monoisotopic (exact) mass is 530 g/mol. The Labute approximate surface area is 194 Å². The van der Waals surface area contributed by atoms with Crippen LogP contribution < -0.4 is 16.0 Å². The molecule has 1 heterocycles. The van der Waals surface area contributed by atoms with E-state index < -0.39 is 0 Å². The Hall–Kier alpha value is -1.88. The van der Waals surface area contributed by atoms with E-state index in [9.17, 15) is 4.79 Å². The number of carbonyl (C=O) groups is 1. The van der Waals surface area contributed by atoms with Gasteiger partial charge in [-0.05, 0) is 45.4 Å². The summed E-state index contributed by atoms with van der Waals surface area (Å²) in [7, 11) is 2.01. The van der Waals surface area contributed by atoms with Crippen molar-refractivity contribution in [3.8, 4) is 0 Å². The van der Waals surface area contributed by atoms with Crippen LogP contribution in [0.1, 0.15) is 37.0 Å². The van der Waals surface area contributed by atoms with Crippen LogP contribution in [0, 0.1) is 6.92 Å². The summed E-state index contributed by atoms with van der Waals surface area (Å²) in [4.78, 5) is 23.1. The number of aryl methyl sites for hydroxylation is 1. The summed E-state index contributed by atoms with van der Waals surface area (Å²) >= 11 is 1.66. The minimum atomic E-state index is -0.200. The Kier molecular flexibility index (Phi) is 11.0. The number of carbonyl (C=O) groups excluding carboxylic acids is 1. The maximum absolute atomic E-state index is 11.8. The number of aliphatic imine (C=N–C) groups is 1. The van der Waals surface area contributed by atoms with Gasteiger partial charge in [-0.15, -0.1) is 35.3 Å². The summed E-state index contributed by atoms with van der Waals surface area (Å²) in [6, 6.07) is 7.63. The first kappa shape index (κ1) is 25.2. The van der Waals surface area contributed by atoms with Gasteiger partial charge >= 0.3 is 6.03 Å². The molecule has 160 valence electrons. The minimum Gasteiger partial charge on any atom is -0.357 e. The van der Waals surface area contributed by atoms with Gasteiger partial charge in [0.1, 0.15) is 0 Å². The molecule has 0 unspecified atom stereocenters. The molecule has 2 aromatic rings. The molecule has 0 aliphatic rings. The zero-order valence-corrected chi connectivity index (χ0v) is 20.8. The van der Waals surface area contributed by atoms with Crippen molar-refractivity contribution in [3.63, 3.8) is 0 Å². The van der Waals surface area contributed by atoms with Crippen LogP contribution in [0.2, 0.25) is 0 Å². The molecule has 0 radical (unpaired) electrons. The van der Waals surface area contributed by atoms with Crippen molar-refractivity contribution in [1.29, 1.82) is 0 Å². The van der Waals surface area contributed by atoms with Crippen molar-refractivity contribution in [2.24, 2.45) is 4.99 Å². The van der Waals surface area contributed by atoms with Crippen LogP contribution in [-0.2, 0) is 13.1 Å². The summed E-state index contributed by atoms with van der Waals surface area (Å²) in [5.74, 6) is 0.840. The minimum absolute atomic E-state index is 0. The van der Waals surface area contributed by atoms with Gasteiger partial charge in [0.25, 0.3) is 0 Å². The predicted molar refractivity (Wildman–Crippen MR) is 132 cm³/mol. The van der Waals surface area contributed by atoms with Crippen molar-refractivity contribution in [2.45, 2.75) is 46.8 Å². The van der Waals surface area contributed by atoms with Crippen LogP contribution in [0.3, 0.4) is 0 Å². The molecule has 0 aliphatic heterocycles. The van der Waals surface area contributed by atoms with E-state index in [-0.39, 0.29) is 36.0 Å². The number of anilines is 1. The lowest BCUT2D eigenvalue weighted by Crippen LogP contribution is -2.38. The fourth-order valence-corrected chi connectivity index (χ4v) is 3.16. The van der Waals surface area contributed by atoms with Gasteiger partial charge in [-0.1, -0.05) is 12.1 Å². The molecule has 9 heteroatoms. The van der Waals surface area contributed by atoms with Gasteiger partial charge in [0.05, 0.1) is 23.8 Å². The zero-order chi connectivity index (χ0) is 20.5. The molecular formula is C20H31IN6OS. The molecule has 1 aromatic carbocycles. The fraction of sp³-hybridized carbons (Fsp3) is 0.450. The molecule has 0 aliphatic carbocycles. The Morgan fingerprint density at radius 3 is 2.52 bits per heavy atom. The lowest BCUT2D eigenvalue weighted by atomic mass is 10.2. The van der Waals surface area contributed by atoms with Gasteiger partial charge in [-0.2, -0.15) is 0 Å². The van der Waals surface area contributed by atoms with E-state index in [1.165, 1.54) is 0 Å². The maximum Gasteiger partial charge on any atom is 0.319 e. The molecule has 7 nitrogen and oxygen atoms in total. The smallest absolute Gasteiger partial charge is 0.319 e. The second-order valence-corrected chi connectivity index (χ2v) is 7.90. The fourth-order valence-electron chi connectivity index (χ4n) is 2.56. The Balaban J connectivity index is 0.00000420. The average Bonchev–Trinajstić information content (AvgIpc) is 3.03. The van der Waals surface area contributed by atoms with Crippen LogP contribution in [0.25, 0.3) is 0 Å². The van der Waals surface area contributed by atoms with E-state index in [4.69, 9.17) is 4.99 Å². The normalized spacial score (nSPS) is 11.0. The third kappa shape index (κ3) is 8.99. The molecule has 29 heavy (non-hydrogen) atoms. The number of benzene rings is 1. The van der Waals surface area contributed by atoms with Gasteiger partial charge < -0.3 is 20.9 Å². The number of rotatable bonds is 7. The second-order valence-electron chi connectivity index (χ2n) is 6.83. The van der Waals surface area contributed by atoms with Crippen LogP contribution in [0.4, 0.5) is 10.5 Å². The molecule has 0 saturated carbocycles. The van der Waals surface area contributed by atoms with E-state index in [1.807, 2.05) is 52.1 Å². The first-order valence-electron chi connectivity index (χ1n) is 9.44. The first-order valence-corrected chi connectivity index (χ1v) is 10.3. The lowest BCUT2D eigenvalue weighted by Gasteiger charge is -2.21. The molecule has 0 spiro atoms. The number of nitrogens with one attached hydrogen (secondary N) is 3. The zero-order valence-electron chi connectivity index (χ0n) is 17.7. The number of hydrogen-bond donors (Lipinski definition) is 3. The summed E-state index contributed by atoms with van der Waals surface area (Å²) < 4.78 is 0. The van der Waals surface area contributed by atoms with Gasteiger partial charge in [-0.3, -0.25) is 0 Å². The highest BCUT2D eigenvalue weighted by atomic mass is 127. The number of aromatic nitrogens is 1. The molecule has 0 atom stereocenters. The van der Waals surface area contributed by atoms with E-state index in [2.05, 4.69) is 38.1 Å². The number of hydrogen-bond acceptors (Lipinski definition) is 4. The van der Waals surface area contributed by atoms with Crippen LogP contribution in [0.15, 0.2) is 34.6 Å². The Morgan fingerprint density at radius 2 is 1.97 bits per heavy atom. The van der Waals surface area contributed by atoms with Crippen molar-refractivity contribution in [2.75, 3.05) is 18.9 Å². The van der Waals surface area contributed by atoms with Crippen molar-refractivity contribution in [3.05, 3.63) is 45.9 Å². The highest BCUT2D eigenvalue weighted by Gasteiger charge is 2.09. The van der Waals surface area contributed by atoms with Crippen LogP contribution >= 0.6 is 35.3 Å². The van der Waals surface area contributed by atoms with Crippen LogP contribution in [0.5, 0.6) is 0 Å². The van der Waals surface area contributed by atoms with Gasteiger partial charge in [0, 0.05) is 30.7 Å². The molecule has 2 amide bonds. The molecular weight excluding hydrogens is 499 g/mol. The maximum atomic E-state index is 11.8. The summed E-state index contributed by atoms with van der Waals surface area (Å²) in [6.45, 7) is 9.99. The Morgan fingerprint density at radius 1 is 1.28 bits per heavy atom. The number of halogens is 1. The molecule has 0 bridgehead atoms. The number of urea groups is 1. The number of amides is 2. The van der Waals surface area contributed by atoms with Gasteiger partial charge in [0.15, 0.2) is 5.96 Å². The van der Waals surface area contributed by atoms with E-state index >= 15 is 0 Å². The number of guanidine groups is 1. The third-order valence-corrected chi connectivity index (χ3v) is 4.63. The topological polar surface area (TPSA) is 81.6 Å². The third-order valence-electron chi connectivity index (χ3n) is 3.81. The van der Waals surface area contributed by atoms with Crippen molar-refractivity contribution in [1.82, 2.24) is 20.5 Å². The van der Waals surface area contributed by atoms with Gasteiger partial charge in [0.2, 0.25) is 0 Å². The quantitative estimate of drug-likeness (QED) is 0.285. The average molecular weight is 530 g/mol. The number of nitrogens with zero attached hydrogens (tertiary/aromatic N) is 3. The summed E-state index contributed by atoms with van der Waals surface area (Å²) in [6.07, 6.45) is 0. The lowest BCUT2D eigenvalue weighted by molar-refractivity contribution is 0.250. The first-order chi connectivity index (χ1) is 13.4.